The largest absolute Gasteiger partial charge is 0.324 e. The molecule has 2 amide bonds. The zero-order valence-electron chi connectivity index (χ0n) is 14.0. The summed E-state index contributed by atoms with van der Waals surface area (Å²) in [4.78, 5) is 27.2. The summed E-state index contributed by atoms with van der Waals surface area (Å²) in [5.74, 6) is -0.657. The topological polar surface area (TPSA) is 49.4 Å². The number of carbonyl (C=O) groups is 2. The summed E-state index contributed by atoms with van der Waals surface area (Å²) >= 11 is 6.07. The van der Waals surface area contributed by atoms with Gasteiger partial charge in [0.15, 0.2) is 0 Å². The molecule has 0 aliphatic rings. The van der Waals surface area contributed by atoms with E-state index in [1.165, 1.54) is 0 Å². The molecule has 0 saturated carbocycles. The molecule has 2 rings (SSSR count). The van der Waals surface area contributed by atoms with Crippen molar-refractivity contribution in [1.29, 1.82) is 0 Å². The number of hydrogen-bond donors (Lipinski definition) is 1. The van der Waals surface area contributed by atoms with Crippen LogP contribution in [0.1, 0.15) is 20.8 Å². The maximum atomic E-state index is 12.9. The fourth-order valence-electron chi connectivity index (χ4n) is 2.33. The van der Waals surface area contributed by atoms with Crippen molar-refractivity contribution < 1.29 is 9.59 Å². The average Bonchev–Trinajstić information content (AvgIpc) is 2.58. The maximum absolute atomic E-state index is 12.9. The molecular formula is C19H21ClN2O2. The van der Waals surface area contributed by atoms with Crippen molar-refractivity contribution in [3.63, 3.8) is 0 Å². The van der Waals surface area contributed by atoms with Gasteiger partial charge in [0.05, 0.1) is 10.7 Å². The second kappa shape index (κ2) is 7.49. The zero-order valence-corrected chi connectivity index (χ0v) is 14.8. The Labute approximate surface area is 147 Å². The van der Waals surface area contributed by atoms with E-state index in [9.17, 15) is 9.59 Å². The predicted octanol–water partition coefficient (Wildman–Crippen LogP) is 4.36. The molecule has 0 heterocycles. The minimum absolute atomic E-state index is 0.263. The van der Waals surface area contributed by atoms with E-state index in [-0.39, 0.29) is 5.91 Å². The molecule has 0 atom stereocenters. The van der Waals surface area contributed by atoms with E-state index in [1.54, 1.807) is 43.0 Å². The van der Waals surface area contributed by atoms with E-state index in [0.29, 0.717) is 17.3 Å². The normalized spacial score (nSPS) is 11.0. The number of rotatable bonds is 5. The molecule has 0 unspecified atom stereocenters. The predicted molar refractivity (Wildman–Crippen MR) is 98.3 cm³/mol. The summed E-state index contributed by atoms with van der Waals surface area (Å²) in [5, 5.41) is 3.18. The van der Waals surface area contributed by atoms with Gasteiger partial charge in [-0.25, -0.2) is 0 Å². The van der Waals surface area contributed by atoms with Crippen LogP contribution in [0.5, 0.6) is 0 Å². The van der Waals surface area contributed by atoms with Gasteiger partial charge >= 0.3 is 0 Å². The van der Waals surface area contributed by atoms with Gasteiger partial charge < -0.3 is 10.2 Å². The van der Waals surface area contributed by atoms with Crippen molar-refractivity contribution in [2.75, 3.05) is 16.8 Å². The molecule has 0 fully saturated rings. The molecule has 0 aromatic heterocycles. The molecule has 4 nitrogen and oxygen atoms in total. The van der Waals surface area contributed by atoms with Gasteiger partial charge in [-0.05, 0) is 45.0 Å². The van der Waals surface area contributed by atoms with Crippen molar-refractivity contribution in [2.24, 2.45) is 5.41 Å². The highest BCUT2D eigenvalue weighted by molar-refractivity contribution is 6.34. The van der Waals surface area contributed by atoms with Gasteiger partial charge in [0.25, 0.3) is 0 Å². The third-order valence-corrected chi connectivity index (χ3v) is 4.18. The standard InChI is InChI=1S/C19H21ClN2O2/c1-4-22(14-10-6-5-7-11-14)18(24)19(2,3)17(23)21-16-13-9-8-12-15(16)20/h5-13H,4H2,1-3H3,(H,21,23). The summed E-state index contributed by atoms with van der Waals surface area (Å²) in [7, 11) is 0. The number of amides is 2. The van der Waals surface area contributed by atoms with Crippen LogP contribution < -0.4 is 10.2 Å². The lowest BCUT2D eigenvalue weighted by atomic mass is 9.89. The third kappa shape index (κ3) is 3.77. The van der Waals surface area contributed by atoms with Crippen LogP contribution in [-0.4, -0.2) is 18.4 Å². The summed E-state index contributed by atoms with van der Waals surface area (Å²) in [6.45, 7) is 5.60. The van der Waals surface area contributed by atoms with Crippen LogP contribution in [0, 0.1) is 5.41 Å². The fraction of sp³-hybridized carbons (Fsp3) is 0.263. The van der Waals surface area contributed by atoms with Gasteiger partial charge in [0.1, 0.15) is 5.41 Å². The number of benzene rings is 2. The Morgan fingerprint density at radius 3 is 2.21 bits per heavy atom. The van der Waals surface area contributed by atoms with Gasteiger partial charge in [-0.2, -0.15) is 0 Å². The number of anilines is 2. The Morgan fingerprint density at radius 2 is 1.62 bits per heavy atom. The lowest BCUT2D eigenvalue weighted by molar-refractivity contribution is -0.136. The Bertz CT molecular complexity index is 729. The third-order valence-electron chi connectivity index (χ3n) is 3.85. The first-order valence-electron chi connectivity index (χ1n) is 7.81. The Balaban J connectivity index is 2.23. The van der Waals surface area contributed by atoms with E-state index in [0.717, 1.165) is 5.69 Å². The Kier molecular flexibility index (Phi) is 5.62. The van der Waals surface area contributed by atoms with E-state index in [4.69, 9.17) is 11.6 Å². The second-order valence-electron chi connectivity index (χ2n) is 5.94. The van der Waals surface area contributed by atoms with Gasteiger partial charge in [-0.15, -0.1) is 0 Å². The molecule has 24 heavy (non-hydrogen) atoms. The second-order valence-corrected chi connectivity index (χ2v) is 6.35. The zero-order chi connectivity index (χ0) is 17.7. The first-order valence-corrected chi connectivity index (χ1v) is 8.18. The molecule has 0 spiro atoms. The van der Waals surface area contributed by atoms with Crippen molar-refractivity contribution >= 4 is 34.8 Å². The molecule has 0 saturated heterocycles. The lowest BCUT2D eigenvalue weighted by Gasteiger charge is -2.30. The van der Waals surface area contributed by atoms with Crippen LogP contribution in [0.25, 0.3) is 0 Å². The summed E-state index contributed by atoms with van der Waals surface area (Å²) in [6.07, 6.45) is 0. The SMILES string of the molecule is CCN(C(=O)C(C)(C)C(=O)Nc1ccccc1Cl)c1ccccc1. The first-order chi connectivity index (χ1) is 11.4. The van der Waals surface area contributed by atoms with Crippen LogP contribution in [0.2, 0.25) is 5.02 Å². The average molecular weight is 345 g/mol. The van der Waals surface area contributed by atoms with E-state index < -0.39 is 11.3 Å². The summed E-state index contributed by atoms with van der Waals surface area (Å²) < 4.78 is 0. The molecule has 0 bridgehead atoms. The Hall–Kier alpha value is -2.33. The smallest absolute Gasteiger partial charge is 0.242 e. The molecule has 2 aromatic rings. The van der Waals surface area contributed by atoms with E-state index in [2.05, 4.69) is 5.32 Å². The molecule has 1 N–H and O–H groups in total. The maximum Gasteiger partial charge on any atom is 0.242 e. The van der Waals surface area contributed by atoms with Crippen LogP contribution in [0.4, 0.5) is 11.4 Å². The van der Waals surface area contributed by atoms with Crippen molar-refractivity contribution in [3.8, 4) is 0 Å². The molecular weight excluding hydrogens is 324 g/mol. The number of carbonyl (C=O) groups excluding carboxylic acids is 2. The highest BCUT2D eigenvalue weighted by Crippen LogP contribution is 2.27. The molecule has 0 aliphatic heterocycles. The van der Waals surface area contributed by atoms with Crippen LogP contribution in [-0.2, 0) is 9.59 Å². The number of nitrogens with zero attached hydrogens (tertiary/aromatic N) is 1. The fourth-order valence-corrected chi connectivity index (χ4v) is 2.51. The molecule has 2 aromatic carbocycles. The molecule has 5 heteroatoms. The number of hydrogen-bond acceptors (Lipinski definition) is 2. The number of halogens is 1. The highest BCUT2D eigenvalue weighted by atomic mass is 35.5. The van der Waals surface area contributed by atoms with Crippen LogP contribution in [0.3, 0.4) is 0 Å². The van der Waals surface area contributed by atoms with Crippen molar-refractivity contribution in [1.82, 2.24) is 0 Å². The quantitative estimate of drug-likeness (QED) is 0.819. The summed E-state index contributed by atoms with van der Waals surface area (Å²) in [5.41, 5.74) is 0.0294. The molecule has 0 aliphatic carbocycles. The van der Waals surface area contributed by atoms with Crippen LogP contribution >= 0.6 is 11.6 Å². The van der Waals surface area contributed by atoms with Gasteiger partial charge in [0.2, 0.25) is 11.8 Å². The summed E-state index contributed by atoms with van der Waals surface area (Å²) in [6, 6.07) is 16.3. The minimum atomic E-state index is -1.23. The van der Waals surface area contributed by atoms with Crippen LogP contribution in [0.15, 0.2) is 54.6 Å². The minimum Gasteiger partial charge on any atom is -0.324 e. The monoisotopic (exact) mass is 344 g/mol. The van der Waals surface area contributed by atoms with Gasteiger partial charge in [-0.3, -0.25) is 9.59 Å². The number of nitrogens with one attached hydrogen (secondary N) is 1. The van der Waals surface area contributed by atoms with E-state index in [1.807, 2.05) is 37.3 Å². The molecule has 0 radical (unpaired) electrons. The van der Waals surface area contributed by atoms with Gasteiger partial charge in [-0.1, -0.05) is 41.9 Å². The van der Waals surface area contributed by atoms with Crippen molar-refractivity contribution in [3.05, 3.63) is 59.6 Å². The number of para-hydroxylation sites is 2. The molecule has 126 valence electrons. The Morgan fingerprint density at radius 1 is 1.04 bits per heavy atom. The highest BCUT2D eigenvalue weighted by Gasteiger charge is 2.39. The van der Waals surface area contributed by atoms with E-state index >= 15 is 0 Å². The first kappa shape index (κ1) is 18.0. The van der Waals surface area contributed by atoms with Crippen molar-refractivity contribution in [2.45, 2.75) is 20.8 Å². The lowest BCUT2D eigenvalue weighted by Crippen LogP contribution is -2.47. The van der Waals surface area contributed by atoms with Gasteiger partial charge in [0, 0.05) is 12.2 Å².